The Kier molecular flexibility index (Phi) is 2.99. The molecule has 2 nitrogen and oxygen atoms in total. The Balaban J connectivity index is 2.30. The van der Waals surface area contributed by atoms with Gasteiger partial charge in [-0.05, 0) is 24.5 Å². The molecule has 16 heavy (non-hydrogen) atoms. The number of nitrogens with two attached hydrogens (primary N) is 1. The summed E-state index contributed by atoms with van der Waals surface area (Å²) in [5, 5.41) is 0. The Morgan fingerprint density at radius 3 is 2.81 bits per heavy atom. The maximum Gasteiger partial charge on any atom is 0.184 e. The highest BCUT2D eigenvalue weighted by Gasteiger charge is 2.26. The molecule has 1 heterocycles. The smallest absolute Gasteiger partial charge is 0.184 e. The van der Waals surface area contributed by atoms with E-state index in [1.54, 1.807) is 0 Å². The maximum atomic E-state index is 13.6. The average Bonchev–Trinajstić information content (AvgIpc) is 2.73. The summed E-state index contributed by atoms with van der Waals surface area (Å²) in [6, 6.07) is 2.49. The lowest BCUT2D eigenvalue weighted by molar-refractivity contribution is 0.507. The van der Waals surface area contributed by atoms with E-state index in [9.17, 15) is 8.78 Å². The van der Waals surface area contributed by atoms with Gasteiger partial charge in [0.15, 0.2) is 11.6 Å². The third-order valence-corrected chi connectivity index (χ3v) is 3.28. The van der Waals surface area contributed by atoms with Crippen LogP contribution < -0.4 is 10.6 Å². The third-order valence-electron chi connectivity index (χ3n) is 3.28. The van der Waals surface area contributed by atoms with Crippen molar-refractivity contribution in [2.24, 2.45) is 5.92 Å². The van der Waals surface area contributed by atoms with Crippen molar-refractivity contribution in [1.82, 2.24) is 0 Å². The first-order chi connectivity index (χ1) is 7.63. The summed E-state index contributed by atoms with van der Waals surface area (Å²) in [5.41, 5.74) is 6.26. The van der Waals surface area contributed by atoms with E-state index in [0.29, 0.717) is 11.6 Å². The fourth-order valence-electron chi connectivity index (χ4n) is 2.25. The van der Waals surface area contributed by atoms with Crippen molar-refractivity contribution >= 4 is 11.4 Å². The molecular weight excluding hydrogens is 210 g/mol. The van der Waals surface area contributed by atoms with Crippen molar-refractivity contribution in [2.45, 2.75) is 19.8 Å². The number of rotatable bonds is 2. The molecule has 1 aliphatic heterocycles. The summed E-state index contributed by atoms with van der Waals surface area (Å²) in [4.78, 5) is 1.85. The molecule has 1 atom stereocenters. The molecule has 2 rings (SSSR count). The quantitative estimate of drug-likeness (QED) is 0.786. The van der Waals surface area contributed by atoms with Gasteiger partial charge in [-0.1, -0.05) is 13.3 Å². The molecule has 0 amide bonds. The predicted molar refractivity (Wildman–Crippen MR) is 61.4 cm³/mol. The first-order valence-electron chi connectivity index (χ1n) is 5.62. The normalized spacial score (nSPS) is 20.4. The lowest BCUT2D eigenvalue weighted by Crippen LogP contribution is -2.22. The number of hydrogen-bond donors (Lipinski definition) is 1. The molecule has 88 valence electrons. The zero-order chi connectivity index (χ0) is 11.7. The highest BCUT2D eigenvalue weighted by Crippen LogP contribution is 2.33. The van der Waals surface area contributed by atoms with Crippen LogP contribution in [0.15, 0.2) is 12.1 Å². The number of benzene rings is 1. The number of hydrogen-bond acceptors (Lipinski definition) is 2. The fraction of sp³-hybridized carbons (Fsp3) is 0.500. The van der Waals surface area contributed by atoms with Crippen LogP contribution in [0, 0.1) is 17.6 Å². The minimum Gasteiger partial charge on any atom is -0.397 e. The van der Waals surface area contributed by atoms with E-state index in [0.717, 1.165) is 32.0 Å². The monoisotopic (exact) mass is 226 g/mol. The highest BCUT2D eigenvalue weighted by atomic mass is 19.2. The van der Waals surface area contributed by atoms with Gasteiger partial charge in [0.25, 0.3) is 0 Å². The lowest BCUT2D eigenvalue weighted by atomic mass is 10.1. The molecule has 0 aromatic heterocycles. The van der Waals surface area contributed by atoms with Crippen LogP contribution in [0.5, 0.6) is 0 Å². The van der Waals surface area contributed by atoms with Crippen molar-refractivity contribution in [3.8, 4) is 0 Å². The fourth-order valence-corrected chi connectivity index (χ4v) is 2.25. The van der Waals surface area contributed by atoms with Gasteiger partial charge in [0.2, 0.25) is 0 Å². The number of anilines is 2. The minimum atomic E-state index is -0.829. The zero-order valence-corrected chi connectivity index (χ0v) is 9.34. The molecule has 2 N–H and O–H groups in total. The van der Waals surface area contributed by atoms with Gasteiger partial charge in [-0.2, -0.15) is 0 Å². The third kappa shape index (κ3) is 1.84. The average molecular weight is 226 g/mol. The molecule has 1 aliphatic rings. The van der Waals surface area contributed by atoms with E-state index in [2.05, 4.69) is 6.92 Å². The predicted octanol–water partition coefficient (Wildman–Crippen LogP) is 2.78. The van der Waals surface area contributed by atoms with Gasteiger partial charge in [-0.3, -0.25) is 0 Å². The standard InChI is InChI=1S/C12H16F2N2/c1-2-8-5-6-16(7-8)12-10(15)4-3-9(13)11(12)14/h3-4,8H,2,5-7,15H2,1H3. The second kappa shape index (κ2) is 4.28. The zero-order valence-electron chi connectivity index (χ0n) is 9.34. The Hall–Kier alpha value is -1.32. The Bertz CT molecular complexity index is 393. The number of nitrogen functional groups attached to an aromatic ring is 1. The van der Waals surface area contributed by atoms with Crippen LogP contribution in [0.3, 0.4) is 0 Å². The molecular formula is C12H16F2N2. The van der Waals surface area contributed by atoms with Crippen LogP contribution in [0.4, 0.5) is 20.2 Å². The second-order valence-electron chi connectivity index (χ2n) is 4.31. The van der Waals surface area contributed by atoms with Crippen LogP contribution in [-0.2, 0) is 0 Å². The van der Waals surface area contributed by atoms with Crippen LogP contribution >= 0.6 is 0 Å². The summed E-state index contributed by atoms with van der Waals surface area (Å²) in [6.07, 6.45) is 2.08. The molecule has 4 heteroatoms. The molecule has 1 aromatic rings. The molecule has 1 saturated heterocycles. The topological polar surface area (TPSA) is 29.3 Å². The van der Waals surface area contributed by atoms with E-state index in [1.165, 1.54) is 6.07 Å². The highest BCUT2D eigenvalue weighted by molar-refractivity contribution is 5.68. The Morgan fingerprint density at radius 1 is 1.44 bits per heavy atom. The molecule has 1 aromatic carbocycles. The molecule has 1 fully saturated rings. The minimum absolute atomic E-state index is 0.232. The molecule has 0 bridgehead atoms. The summed E-state index contributed by atoms with van der Waals surface area (Å²) < 4.78 is 26.8. The Morgan fingerprint density at radius 2 is 2.19 bits per heavy atom. The molecule has 0 aliphatic carbocycles. The number of nitrogens with zero attached hydrogens (tertiary/aromatic N) is 1. The van der Waals surface area contributed by atoms with Crippen molar-refractivity contribution in [2.75, 3.05) is 23.7 Å². The van der Waals surface area contributed by atoms with Crippen molar-refractivity contribution in [1.29, 1.82) is 0 Å². The summed E-state index contributed by atoms with van der Waals surface area (Å²) in [7, 11) is 0. The van der Waals surface area contributed by atoms with Crippen LogP contribution in [0.1, 0.15) is 19.8 Å². The van der Waals surface area contributed by atoms with Crippen molar-refractivity contribution < 1.29 is 8.78 Å². The van der Waals surface area contributed by atoms with Gasteiger partial charge in [-0.15, -0.1) is 0 Å². The van der Waals surface area contributed by atoms with Gasteiger partial charge in [-0.25, -0.2) is 8.78 Å². The van der Waals surface area contributed by atoms with E-state index in [4.69, 9.17) is 5.73 Å². The molecule has 0 spiro atoms. The summed E-state index contributed by atoms with van der Waals surface area (Å²) in [5.74, 6) is -1.09. The number of halogens is 2. The van der Waals surface area contributed by atoms with Crippen LogP contribution in [0.2, 0.25) is 0 Å². The first kappa shape index (κ1) is 11.2. The molecule has 0 saturated carbocycles. The Labute approximate surface area is 94.0 Å². The van der Waals surface area contributed by atoms with Crippen LogP contribution in [-0.4, -0.2) is 13.1 Å². The van der Waals surface area contributed by atoms with E-state index in [-0.39, 0.29) is 5.69 Å². The summed E-state index contributed by atoms with van der Waals surface area (Å²) in [6.45, 7) is 3.63. The molecule has 0 radical (unpaired) electrons. The molecule has 1 unspecified atom stereocenters. The van der Waals surface area contributed by atoms with Crippen molar-refractivity contribution in [3.05, 3.63) is 23.8 Å². The maximum absolute atomic E-state index is 13.6. The van der Waals surface area contributed by atoms with E-state index >= 15 is 0 Å². The van der Waals surface area contributed by atoms with E-state index in [1.807, 2.05) is 4.90 Å². The van der Waals surface area contributed by atoms with E-state index < -0.39 is 11.6 Å². The van der Waals surface area contributed by atoms with Gasteiger partial charge in [0, 0.05) is 13.1 Å². The SMILES string of the molecule is CCC1CCN(c2c(N)ccc(F)c2F)C1. The summed E-state index contributed by atoms with van der Waals surface area (Å²) >= 11 is 0. The second-order valence-corrected chi connectivity index (χ2v) is 4.31. The lowest BCUT2D eigenvalue weighted by Gasteiger charge is -2.21. The van der Waals surface area contributed by atoms with Crippen molar-refractivity contribution in [3.63, 3.8) is 0 Å². The van der Waals surface area contributed by atoms with Gasteiger partial charge in [0.05, 0.1) is 11.4 Å². The first-order valence-corrected chi connectivity index (χ1v) is 5.62. The van der Waals surface area contributed by atoms with Crippen LogP contribution in [0.25, 0.3) is 0 Å². The van der Waals surface area contributed by atoms with Gasteiger partial charge < -0.3 is 10.6 Å². The van der Waals surface area contributed by atoms with Gasteiger partial charge in [0.1, 0.15) is 0 Å². The largest absolute Gasteiger partial charge is 0.397 e. The van der Waals surface area contributed by atoms with Gasteiger partial charge >= 0.3 is 0 Å².